The third kappa shape index (κ3) is 4.55. The van der Waals surface area contributed by atoms with Crippen molar-refractivity contribution in [2.24, 2.45) is 0 Å². The molecule has 0 bridgehead atoms. The van der Waals surface area contributed by atoms with Crippen molar-refractivity contribution in [1.29, 1.82) is 0 Å². The minimum Gasteiger partial charge on any atom is -0.496 e. The Balaban J connectivity index is 2.12. The fourth-order valence-electron chi connectivity index (χ4n) is 2.02. The molecule has 0 aliphatic carbocycles. The molecule has 1 N–H and O–H groups in total. The SMILES string of the molecule is CNC(CSc1ccc(Cl)cc1)c1cc(Cl)ccc1OC. The standard InChI is InChI=1S/C16H17Cl2NOS/c1-19-15(10-21-13-6-3-11(17)4-7-13)14-9-12(18)5-8-16(14)20-2/h3-9,15,19H,10H2,1-2H3. The maximum Gasteiger partial charge on any atom is 0.123 e. The molecule has 0 aromatic heterocycles. The van der Waals surface area contributed by atoms with Crippen molar-refractivity contribution in [2.45, 2.75) is 10.9 Å². The molecule has 0 saturated heterocycles. The Morgan fingerprint density at radius 1 is 1.10 bits per heavy atom. The van der Waals surface area contributed by atoms with Gasteiger partial charge in [-0.05, 0) is 49.5 Å². The van der Waals surface area contributed by atoms with Crippen LogP contribution >= 0.6 is 35.0 Å². The molecular weight excluding hydrogens is 325 g/mol. The zero-order valence-electron chi connectivity index (χ0n) is 11.9. The molecule has 1 unspecified atom stereocenters. The number of benzene rings is 2. The number of hydrogen-bond acceptors (Lipinski definition) is 3. The van der Waals surface area contributed by atoms with Crippen LogP contribution in [-0.4, -0.2) is 19.9 Å². The van der Waals surface area contributed by atoms with Crippen molar-refractivity contribution in [1.82, 2.24) is 5.32 Å². The molecule has 21 heavy (non-hydrogen) atoms. The first kappa shape index (κ1) is 16.5. The highest BCUT2D eigenvalue weighted by Crippen LogP contribution is 2.32. The van der Waals surface area contributed by atoms with Crippen molar-refractivity contribution in [2.75, 3.05) is 19.9 Å². The summed E-state index contributed by atoms with van der Waals surface area (Å²) in [4.78, 5) is 1.18. The molecule has 2 aromatic carbocycles. The van der Waals surface area contributed by atoms with Crippen molar-refractivity contribution in [3.63, 3.8) is 0 Å². The van der Waals surface area contributed by atoms with E-state index in [0.717, 1.165) is 22.1 Å². The average Bonchev–Trinajstić information content (AvgIpc) is 2.50. The van der Waals surface area contributed by atoms with E-state index in [1.54, 1.807) is 18.9 Å². The Hall–Kier alpha value is -0.870. The molecule has 2 rings (SSSR count). The average molecular weight is 342 g/mol. The van der Waals surface area contributed by atoms with E-state index >= 15 is 0 Å². The molecule has 112 valence electrons. The Morgan fingerprint density at radius 2 is 1.76 bits per heavy atom. The summed E-state index contributed by atoms with van der Waals surface area (Å²) in [5.74, 6) is 1.71. The molecule has 0 aliphatic heterocycles. The van der Waals surface area contributed by atoms with E-state index in [1.807, 2.05) is 49.5 Å². The van der Waals surface area contributed by atoms with Gasteiger partial charge in [0.1, 0.15) is 5.75 Å². The van der Waals surface area contributed by atoms with Gasteiger partial charge in [-0.1, -0.05) is 23.2 Å². The fraction of sp³-hybridized carbons (Fsp3) is 0.250. The highest BCUT2D eigenvalue weighted by Gasteiger charge is 2.15. The summed E-state index contributed by atoms with van der Waals surface area (Å²) < 4.78 is 5.43. The van der Waals surface area contributed by atoms with E-state index in [0.29, 0.717) is 5.02 Å². The summed E-state index contributed by atoms with van der Waals surface area (Å²) in [6, 6.07) is 13.7. The lowest BCUT2D eigenvalue weighted by Gasteiger charge is -2.19. The topological polar surface area (TPSA) is 21.3 Å². The zero-order valence-corrected chi connectivity index (χ0v) is 14.2. The molecule has 5 heteroatoms. The van der Waals surface area contributed by atoms with Crippen LogP contribution in [0.3, 0.4) is 0 Å². The van der Waals surface area contributed by atoms with Gasteiger partial charge in [-0.15, -0.1) is 11.8 Å². The second-order valence-corrected chi connectivity index (χ2v) is 6.46. The molecule has 0 spiro atoms. The second kappa shape index (κ2) is 7.95. The van der Waals surface area contributed by atoms with Gasteiger partial charge in [-0.2, -0.15) is 0 Å². The molecule has 0 fully saturated rings. The fourth-order valence-corrected chi connectivity index (χ4v) is 3.36. The molecule has 0 saturated carbocycles. The van der Waals surface area contributed by atoms with Gasteiger partial charge in [0.05, 0.1) is 7.11 Å². The summed E-state index contributed by atoms with van der Waals surface area (Å²) in [7, 11) is 3.61. The molecule has 2 nitrogen and oxygen atoms in total. The maximum absolute atomic E-state index is 6.10. The minimum absolute atomic E-state index is 0.152. The smallest absolute Gasteiger partial charge is 0.123 e. The van der Waals surface area contributed by atoms with Gasteiger partial charge < -0.3 is 10.1 Å². The van der Waals surface area contributed by atoms with E-state index in [-0.39, 0.29) is 6.04 Å². The van der Waals surface area contributed by atoms with Crippen LogP contribution in [0.2, 0.25) is 10.0 Å². The largest absolute Gasteiger partial charge is 0.496 e. The highest BCUT2D eigenvalue weighted by molar-refractivity contribution is 7.99. The first-order valence-corrected chi connectivity index (χ1v) is 8.27. The van der Waals surface area contributed by atoms with Crippen LogP contribution in [0, 0.1) is 0 Å². The molecule has 0 amide bonds. The van der Waals surface area contributed by atoms with E-state index in [9.17, 15) is 0 Å². The Kier molecular flexibility index (Phi) is 6.24. The highest BCUT2D eigenvalue weighted by atomic mass is 35.5. The third-order valence-corrected chi connectivity index (χ3v) is 4.74. The van der Waals surface area contributed by atoms with Crippen molar-refractivity contribution in [3.8, 4) is 5.75 Å². The van der Waals surface area contributed by atoms with Gasteiger partial charge in [-0.25, -0.2) is 0 Å². The summed E-state index contributed by atoms with van der Waals surface area (Å²) in [6.45, 7) is 0. The first-order chi connectivity index (χ1) is 10.1. The number of rotatable bonds is 6. The summed E-state index contributed by atoms with van der Waals surface area (Å²) in [5, 5.41) is 4.78. The number of thioether (sulfide) groups is 1. The molecule has 0 radical (unpaired) electrons. The third-order valence-electron chi connectivity index (χ3n) is 3.15. The predicted molar refractivity (Wildman–Crippen MR) is 92.0 cm³/mol. The lowest BCUT2D eigenvalue weighted by Crippen LogP contribution is -2.19. The van der Waals surface area contributed by atoms with Crippen molar-refractivity contribution < 1.29 is 4.74 Å². The molecule has 1 atom stereocenters. The van der Waals surface area contributed by atoms with Gasteiger partial charge in [0.15, 0.2) is 0 Å². The number of halogens is 2. The zero-order chi connectivity index (χ0) is 15.2. The Morgan fingerprint density at radius 3 is 2.38 bits per heavy atom. The van der Waals surface area contributed by atoms with Gasteiger partial charge in [-0.3, -0.25) is 0 Å². The molecule has 0 aliphatic rings. The molecular formula is C16H17Cl2NOS. The van der Waals surface area contributed by atoms with Crippen LogP contribution in [0.15, 0.2) is 47.4 Å². The first-order valence-electron chi connectivity index (χ1n) is 6.53. The number of ether oxygens (including phenoxy) is 1. The number of hydrogen-bond donors (Lipinski definition) is 1. The van der Waals surface area contributed by atoms with E-state index < -0.39 is 0 Å². The number of methoxy groups -OCH3 is 1. The lowest BCUT2D eigenvalue weighted by molar-refractivity contribution is 0.404. The van der Waals surface area contributed by atoms with Gasteiger partial charge in [0, 0.05) is 32.3 Å². The van der Waals surface area contributed by atoms with Crippen LogP contribution in [0.25, 0.3) is 0 Å². The van der Waals surface area contributed by atoms with Crippen LogP contribution in [0.1, 0.15) is 11.6 Å². The van der Waals surface area contributed by atoms with E-state index in [1.165, 1.54) is 4.90 Å². The Bertz CT molecular complexity index is 589. The van der Waals surface area contributed by atoms with Gasteiger partial charge in [0.25, 0.3) is 0 Å². The Labute approximate surface area is 139 Å². The summed E-state index contributed by atoms with van der Waals surface area (Å²) in [5.41, 5.74) is 1.06. The van der Waals surface area contributed by atoms with Gasteiger partial charge in [0.2, 0.25) is 0 Å². The van der Waals surface area contributed by atoms with Crippen LogP contribution in [-0.2, 0) is 0 Å². The van der Waals surface area contributed by atoms with Gasteiger partial charge >= 0.3 is 0 Å². The molecule has 0 heterocycles. The monoisotopic (exact) mass is 341 g/mol. The van der Waals surface area contributed by atoms with Crippen LogP contribution < -0.4 is 10.1 Å². The predicted octanol–water partition coefficient (Wildman–Crippen LogP) is 5.05. The minimum atomic E-state index is 0.152. The second-order valence-electron chi connectivity index (χ2n) is 4.49. The lowest BCUT2D eigenvalue weighted by atomic mass is 10.1. The number of nitrogens with one attached hydrogen (secondary N) is 1. The van der Waals surface area contributed by atoms with Crippen LogP contribution in [0.4, 0.5) is 0 Å². The van der Waals surface area contributed by atoms with E-state index in [4.69, 9.17) is 27.9 Å². The van der Waals surface area contributed by atoms with Crippen molar-refractivity contribution >= 4 is 35.0 Å². The summed E-state index contributed by atoms with van der Waals surface area (Å²) in [6.07, 6.45) is 0. The van der Waals surface area contributed by atoms with E-state index in [2.05, 4.69) is 5.32 Å². The molecule has 2 aromatic rings. The summed E-state index contributed by atoms with van der Waals surface area (Å²) >= 11 is 13.8. The van der Waals surface area contributed by atoms with Crippen LogP contribution in [0.5, 0.6) is 5.75 Å². The maximum atomic E-state index is 6.10. The quantitative estimate of drug-likeness (QED) is 0.742. The van der Waals surface area contributed by atoms with Crippen molar-refractivity contribution in [3.05, 3.63) is 58.1 Å². The normalized spacial score (nSPS) is 12.2.